The third kappa shape index (κ3) is 6.07. The van der Waals surface area contributed by atoms with Gasteiger partial charge in [0.2, 0.25) is 0 Å². The van der Waals surface area contributed by atoms with Gasteiger partial charge < -0.3 is 14.8 Å². The lowest BCUT2D eigenvalue weighted by atomic mass is 10.2. The molecule has 0 atom stereocenters. The van der Waals surface area contributed by atoms with Gasteiger partial charge in [-0.15, -0.1) is 34.2 Å². The van der Waals surface area contributed by atoms with Crippen molar-refractivity contribution in [2.45, 2.75) is 51.6 Å². The van der Waals surface area contributed by atoms with Crippen LogP contribution < -0.4 is 5.32 Å². The molecular formula is C20H30ClIN6. The molecule has 1 aromatic heterocycles. The van der Waals surface area contributed by atoms with Crippen molar-refractivity contribution in [1.29, 1.82) is 0 Å². The highest BCUT2D eigenvalue weighted by atomic mass is 127. The van der Waals surface area contributed by atoms with E-state index in [-0.39, 0.29) is 24.0 Å². The lowest BCUT2D eigenvalue weighted by Gasteiger charge is -2.22. The zero-order valence-corrected chi connectivity index (χ0v) is 19.8. The third-order valence-corrected chi connectivity index (χ3v) is 5.35. The second-order valence-corrected chi connectivity index (χ2v) is 7.43. The molecule has 0 saturated carbocycles. The van der Waals surface area contributed by atoms with Gasteiger partial charge in [0.25, 0.3) is 0 Å². The minimum absolute atomic E-state index is 0. The van der Waals surface area contributed by atoms with Crippen molar-refractivity contribution in [2.75, 3.05) is 20.6 Å². The van der Waals surface area contributed by atoms with Gasteiger partial charge in [-0.2, -0.15) is 0 Å². The van der Waals surface area contributed by atoms with E-state index < -0.39 is 0 Å². The third-order valence-electron chi connectivity index (χ3n) is 4.99. The maximum Gasteiger partial charge on any atom is 0.193 e. The second kappa shape index (κ2) is 11.6. The number of aliphatic imine (C=N–C) groups is 1. The summed E-state index contributed by atoms with van der Waals surface area (Å²) in [6, 6.07) is 7.92. The standard InChI is InChI=1S/C20H29ClN6.HI/c1-22-20(26(2)15-16-9-5-6-10-17(16)21)23-13-8-12-19-25-24-18-11-4-3-7-14-27(18)19;/h5-6,9-10H,3-4,7-8,11-15H2,1-2H3,(H,22,23);1H. The highest BCUT2D eigenvalue weighted by Gasteiger charge is 2.14. The maximum absolute atomic E-state index is 6.27. The first-order chi connectivity index (χ1) is 13.2. The highest BCUT2D eigenvalue weighted by molar-refractivity contribution is 14.0. The number of fused-ring (bicyclic) bond motifs is 1. The predicted octanol–water partition coefficient (Wildman–Crippen LogP) is 3.92. The fourth-order valence-electron chi connectivity index (χ4n) is 3.52. The van der Waals surface area contributed by atoms with Crippen LogP contribution in [0.4, 0.5) is 0 Å². The zero-order valence-electron chi connectivity index (χ0n) is 16.7. The first-order valence-electron chi connectivity index (χ1n) is 9.75. The zero-order chi connectivity index (χ0) is 19.1. The lowest BCUT2D eigenvalue weighted by molar-refractivity contribution is 0.475. The van der Waals surface area contributed by atoms with E-state index in [4.69, 9.17) is 11.6 Å². The lowest BCUT2D eigenvalue weighted by Crippen LogP contribution is -2.39. The van der Waals surface area contributed by atoms with Crippen molar-refractivity contribution in [1.82, 2.24) is 25.0 Å². The van der Waals surface area contributed by atoms with Crippen LogP contribution in [0.1, 0.15) is 42.9 Å². The SMILES string of the molecule is CN=C(NCCCc1nnc2n1CCCCC2)N(C)Cc1ccccc1Cl.I. The number of nitrogens with zero attached hydrogens (tertiary/aromatic N) is 5. The Hall–Kier alpha value is -1.35. The number of aromatic nitrogens is 3. The molecule has 0 fully saturated rings. The molecular weight excluding hydrogens is 487 g/mol. The number of halogens is 2. The monoisotopic (exact) mass is 516 g/mol. The van der Waals surface area contributed by atoms with Gasteiger partial charge in [0.15, 0.2) is 5.96 Å². The number of benzene rings is 1. The van der Waals surface area contributed by atoms with E-state index in [2.05, 4.69) is 30.0 Å². The summed E-state index contributed by atoms with van der Waals surface area (Å²) in [6.07, 6.45) is 6.75. The summed E-state index contributed by atoms with van der Waals surface area (Å²) in [5, 5.41) is 13.0. The van der Waals surface area contributed by atoms with Crippen molar-refractivity contribution in [2.24, 2.45) is 4.99 Å². The van der Waals surface area contributed by atoms with Crippen LogP contribution in [-0.2, 0) is 25.9 Å². The number of rotatable bonds is 6. The Morgan fingerprint density at radius 2 is 2.07 bits per heavy atom. The van der Waals surface area contributed by atoms with Gasteiger partial charge in [-0.3, -0.25) is 4.99 Å². The molecule has 8 heteroatoms. The Labute approximate surface area is 189 Å². The largest absolute Gasteiger partial charge is 0.356 e. The van der Waals surface area contributed by atoms with E-state index in [0.29, 0.717) is 0 Å². The van der Waals surface area contributed by atoms with E-state index in [1.54, 1.807) is 0 Å². The van der Waals surface area contributed by atoms with E-state index in [1.807, 2.05) is 38.4 Å². The fourth-order valence-corrected chi connectivity index (χ4v) is 3.71. The van der Waals surface area contributed by atoms with Gasteiger partial charge in [-0.25, -0.2) is 0 Å². The van der Waals surface area contributed by atoms with Crippen LogP contribution in [0.25, 0.3) is 0 Å². The van der Waals surface area contributed by atoms with Crippen LogP contribution in [-0.4, -0.2) is 46.3 Å². The summed E-state index contributed by atoms with van der Waals surface area (Å²) >= 11 is 6.27. The highest BCUT2D eigenvalue weighted by Crippen LogP contribution is 2.17. The van der Waals surface area contributed by atoms with Crippen LogP contribution in [0.15, 0.2) is 29.3 Å². The van der Waals surface area contributed by atoms with Crippen LogP contribution >= 0.6 is 35.6 Å². The average molecular weight is 517 g/mol. The molecule has 2 aromatic rings. The van der Waals surface area contributed by atoms with Gasteiger partial charge in [-0.1, -0.05) is 36.2 Å². The smallest absolute Gasteiger partial charge is 0.193 e. The molecule has 0 spiro atoms. The quantitative estimate of drug-likeness (QED) is 0.274. The number of guanidine groups is 1. The molecule has 0 amide bonds. The van der Waals surface area contributed by atoms with Gasteiger partial charge in [-0.05, 0) is 30.9 Å². The van der Waals surface area contributed by atoms with E-state index in [1.165, 1.54) is 19.3 Å². The number of nitrogens with one attached hydrogen (secondary N) is 1. The number of hydrogen-bond donors (Lipinski definition) is 1. The first kappa shape index (κ1) is 22.9. The van der Waals surface area contributed by atoms with Crippen molar-refractivity contribution >= 4 is 41.5 Å². The molecule has 6 nitrogen and oxygen atoms in total. The topological polar surface area (TPSA) is 58.3 Å². The van der Waals surface area contributed by atoms with Gasteiger partial charge in [0.1, 0.15) is 11.6 Å². The van der Waals surface area contributed by atoms with Crippen LogP contribution in [0.2, 0.25) is 5.02 Å². The van der Waals surface area contributed by atoms with Crippen LogP contribution in [0.3, 0.4) is 0 Å². The summed E-state index contributed by atoms with van der Waals surface area (Å²) in [4.78, 5) is 6.47. The fraction of sp³-hybridized carbons (Fsp3) is 0.550. The van der Waals surface area contributed by atoms with E-state index in [0.717, 1.165) is 67.1 Å². The minimum atomic E-state index is 0. The van der Waals surface area contributed by atoms with Gasteiger partial charge in [0, 0.05) is 51.6 Å². The Bertz CT molecular complexity index is 776. The predicted molar refractivity (Wildman–Crippen MR) is 126 cm³/mol. The molecule has 0 aliphatic carbocycles. The molecule has 1 N–H and O–H groups in total. The van der Waals surface area contributed by atoms with Crippen molar-refractivity contribution in [3.63, 3.8) is 0 Å². The summed E-state index contributed by atoms with van der Waals surface area (Å²) in [7, 11) is 3.83. The molecule has 1 aromatic carbocycles. The molecule has 0 radical (unpaired) electrons. The van der Waals surface area contributed by atoms with E-state index >= 15 is 0 Å². The number of aryl methyl sites for hydroxylation is 2. The molecule has 0 saturated heterocycles. The van der Waals surface area contributed by atoms with Crippen molar-refractivity contribution in [3.8, 4) is 0 Å². The summed E-state index contributed by atoms with van der Waals surface area (Å²) in [5.74, 6) is 3.15. The average Bonchev–Trinajstić information content (AvgIpc) is 2.90. The van der Waals surface area contributed by atoms with Gasteiger partial charge >= 0.3 is 0 Å². The van der Waals surface area contributed by atoms with Crippen molar-refractivity contribution in [3.05, 3.63) is 46.5 Å². The summed E-state index contributed by atoms with van der Waals surface area (Å²) in [5.41, 5.74) is 1.09. The molecule has 0 unspecified atom stereocenters. The maximum atomic E-state index is 6.27. The van der Waals surface area contributed by atoms with Crippen LogP contribution in [0, 0.1) is 0 Å². The van der Waals surface area contributed by atoms with Crippen molar-refractivity contribution < 1.29 is 0 Å². The molecule has 154 valence electrons. The Balaban J connectivity index is 0.00000280. The molecule has 1 aliphatic rings. The van der Waals surface area contributed by atoms with E-state index in [9.17, 15) is 0 Å². The second-order valence-electron chi connectivity index (χ2n) is 7.02. The summed E-state index contributed by atoms with van der Waals surface area (Å²) < 4.78 is 2.32. The molecule has 3 rings (SSSR count). The molecule has 0 bridgehead atoms. The first-order valence-corrected chi connectivity index (χ1v) is 10.1. The Morgan fingerprint density at radius 3 is 2.86 bits per heavy atom. The normalized spacial score (nSPS) is 14.0. The molecule has 2 heterocycles. The number of hydrogen-bond acceptors (Lipinski definition) is 3. The Morgan fingerprint density at radius 1 is 1.25 bits per heavy atom. The van der Waals surface area contributed by atoms with Crippen LogP contribution in [0.5, 0.6) is 0 Å². The minimum Gasteiger partial charge on any atom is -0.356 e. The Kier molecular flexibility index (Phi) is 9.50. The molecule has 1 aliphatic heterocycles. The van der Waals surface area contributed by atoms with Gasteiger partial charge in [0.05, 0.1) is 0 Å². The summed E-state index contributed by atoms with van der Waals surface area (Å²) in [6.45, 7) is 2.63. The molecule has 28 heavy (non-hydrogen) atoms.